The number of hydrogen-bond donors (Lipinski definition) is 1. The van der Waals surface area contributed by atoms with Crippen LogP contribution in [0.4, 0.5) is 5.82 Å². The number of nitriles is 1. The minimum Gasteiger partial charge on any atom is -0.383 e. The number of benzene rings is 1. The molecule has 13 heavy (non-hydrogen) atoms. The van der Waals surface area contributed by atoms with E-state index < -0.39 is 0 Å². The molecule has 1 aromatic heterocycles. The van der Waals surface area contributed by atoms with Crippen LogP contribution in [0, 0.1) is 11.3 Å². The number of pyridine rings is 1. The number of hydrogen-bond acceptors (Lipinski definition) is 3. The summed E-state index contributed by atoms with van der Waals surface area (Å²) in [7, 11) is 0. The van der Waals surface area contributed by atoms with Crippen LogP contribution in [0.25, 0.3) is 10.8 Å². The van der Waals surface area contributed by atoms with Gasteiger partial charge in [0.05, 0.1) is 11.6 Å². The summed E-state index contributed by atoms with van der Waals surface area (Å²) in [6.07, 6.45) is 1.61. The largest absolute Gasteiger partial charge is 0.383 e. The van der Waals surface area contributed by atoms with Crippen LogP contribution in [0.5, 0.6) is 0 Å². The molecule has 2 N–H and O–H groups in total. The first-order chi connectivity index (χ1) is 6.33. The number of fused-ring (bicyclic) bond motifs is 1. The van der Waals surface area contributed by atoms with Crippen molar-refractivity contribution >= 4 is 16.6 Å². The standard InChI is InChI=1S/C10H7N3/c11-6-7-2-1-3-9-8(7)4-5-13-10(9)12/h1-5H,(H2,12,13). The molecule has 0 radical (unpaired) electrons. The zero-order valence-corrected chi connectivity index (χ0v) is 6.86. The lowest BCUT2D eigenvalue weighted by Crippen LogP contribution is -1.91. The van der Waals surface area contributed by atoms with Crippen molar-refractivity contribution in [2.45, 2.75) is 0 Å². The Labute approximate surface area is 75.4 Å². The Morgan fingerprint density at radius 3 is 2.85 bits per heavy atom. The predicted octanol–water partition coefficient (Wildman–Crippen LogP) is 1.69. The molecule has 62 valence electrons. The monoisotopic (exact) mass is 169 g/mol. The molecule has 0 aliphatic carbocycles. The topological polar surface area (TPSA) is 62.7 Å². The van der Waals surface area contributed by atoms with Crippen molar-refractivity contribution in [2.75, 3.05) is 5.73 Å². The second-order valence-electron chi connectivity index (χ2n) is 2.71. The lowest BCUT2D eigenvalue weighted by molar-refractivity contribution is 1.37. The molecular weight excluding hydrogens is 162 g/mol. The lowest BCUT2D eigenvalue weighted by atomic mass is 10.1. The highest BCUT2D eigenvalue weighted by atomic mass is 14.8. The van der Waals surface area contributed by atoms with E-state index in [0.29, 0.717) is 11.4 Å². The van der Waals surface area contributed by atoms with Gasteiger partial charge in [0, 0.05) is 17.0 Å². The molecule has 3 nitrogen and oxygen atoms in total. The highest BCUT2D eigenvalue weighted by Crippen LogP contribution is 2.21. The number of nitrogens with zero attached hydrogens (tertiary/aromatic N) is 2. The zero-order valence-electron chi connectivity index (χ0n) is 6.86. The number of nitrogens with two attached hydrogens (primary N) is 1. The number of rotatable bonds is 0. The molecule has 0 aliphatic rings. The second kappa shape index (κ2) is 2.76. The molecule has 0 aliphatic heterocycles. The average molecular weight is 169 g/mol. The van der Waals surface area contributed by atoms with Gasteiger partial charge in [-0.25, -0.2) is 4.98 Å². The van der Waals surface area contributed by atoms with E-state index in [1.165, 1.54) is 0 Å². The summed E-state index contributed by atoms with van der Waals surface area (Å²) in [5.74, 6) is 0.467. The molecule has 0 bridgehead atoms. The van der Waals surface area contributed by atoms with E-state index in [1.807, 2.05) is 6.07 Å². The maximum atomic E-state index is 8.82. The van der Waals surface area contributed by atoms with Crippen LogP contribution in [-0.2, 0) is 0 Å². The third-order valence-electron chi connectivity index (χ3n) is 1.96. The molecule has 0 atom stereocenters. The van der Waals surface area contributed by atoms with E-state index in [9.17, 15) is 0 Å². The molecule has 0 fully saturated rings. The molecule has 3 heteroatoms. The zero-order chi connectivity index (χ0) is 9.26. The fraction of sp³-hybridized carbons (Fsp3) is 0. The molecule has 1 aromatic carbocycles. The van der Waals surface area contributed by atoms with Crippen LogP contribution in [0.15, 0.2) is 30.5 Å². The maximum absolute atomic E-state index is 8.82. The molecule has 0 unspecified atom stereocenters. The van der Waals surface area contributed by atoms with E-state index in [0.717, 1.165) is 10.8 Å². The second-order valence-corrected chi connectivity index (χ2v) is 2.71. The van der Waals surface area contributed by atoms with E-state index in [1.54, 1.807) is 24.4 Å². The summed E-state index contributed by atoms with van der Waals surface area (Å²) < 4.78 is 0. The van der Waals surface area contributed by atoms with Gasteiger partial charge in [-0.2, -0.15) is 5.26 Å². The summed E-state index contributed by atoms with van der Waals surface area (Å²) >= 11 is 0. The normalized spacial score (nSPS) is 9.77. The Kier molecular flexibility index (Phi) is 1.60. The first-order valence-electron chi connectivity index (χ1n) is 3.86. The van der Waals surface area contributed by atoms with Crippen molar-refractivity contribution in [3.05, 3.63) is 36.0 Å². The Hall–Kier alpha value is -2.08. The van der Waals surface area contributed by atoms with Gasteiger partial charge in [0.15, 0.2) is 0 Å². The highest BCUT2D eigenvalue weighted by molar-refractivity contribution is 5.94. The van der Waals surface area contributed by atoms with Gasteiger partial charge >= 0.3 is 0 Å². The molecular formula is C10H7N3. The van der Waals surface area contributed by atoms with Crippen LogP contribution in [0.2, 0.25) is 0 Å². The third kappa shape index (κ3) is 1.09. The summed E-state index contributed by atoms with van der Waals surface area (Å²) in [5.41, 5.74) is 6.29. The van der Waals surface area contributed by atoms with Crippen LogP contribution in [0.1, 0.15) is 5.56 Å². The molecule has 0 spiro atoms. The van der Waals surface area contributed by atoms with Gasteiger partial charge < -0.3 is 5.73 Å². The first-order valence-corrected chi connectivity index (χ1v) is 3.86. The summed E-state index contributed by atoms with van der Waals surface area (Å²) in [5, 5.41) is 10.5. The van der Waals surface area contributed by atoms with E-state index in [-0.39, 0.29) is 0 Å². The predicted molar refractivity (Wildman–Crippen MR) is 50.9 cm³/mol. The Morgan fingerprint density at radius 2 is 2.08 bits per heavy atom. The lowest BCUT2D eigenvalue weighted by Gasteiger charge is -2.00. The fourth-order valence-electron chi connectivity index (χ4n) is 1.33. The Bertz CT molecular complexity index is 497. The van der Waals surface area contributed by atoms with Crippen LogP contribution in [-0.4, -0.2) is 4.98 Å². The smallest absolute Gasteiger partial charge is 0.131 e. The van der Waals surface area contributed by atoms with Crippen molar-refractivity contribution < 1.29 is 0 Å². The van der Waals surface area contributed by atoms with E-state index >= 15 is 0 Å². The van der Waals surface area contributed by atoms with Crippen molar-refractivity contribution in [1.29, 1.82) is 5.26 Å². The SMILES string of the molecule is N#Cc1cccc2c(N)nccc12. The summed E-state index contributed by atoms with van der Waals surface area (Å²) in [6.45, 7) is 0. The number of nitrogen functional groups attached to an aromatic ring is 1. The summed E-state index contributed by atoms with van der Waals surface area (Å²) in [4.78, 5) is 3.95. The average Bonchev–Trinajstić information content (AvgIpc) is 2.18. The van der Waals surface area contributed by atoms with E-state index in [2.05, 4.69) is 11.1 Å². The molecule has 1 heterocycles. The van der Waals surface area contributed by atoms with Gasteiger partial charge in [0.25, 0.3) is 0 Å². The Morgan fingerprint density at radius 1 is 1.23 bits per heavy atom. The van der Waals surface area contributed by atoms with Gasteiger partial charge in [-0.15, -0.1) is 0 Å². The first kappa shape index (κ1) is 7.56. The van der Waals surface area contributed by atoms with Gasteiger partial charge in [0.1, 0.15) is 5.82 Å². The quantitative estimate of drug-likeness (QED) is 0.652. The van der Waals surface area contributed by atoms with Crippen LogP contribution < -0.4 is 5.73 Å². The van der Waals surface area contributed by atoms with E-state index in [4.69, 9.17) is 11.0 Å². The molecule has 0 saturated carbocycles. The number of aromatic nitrogens is 1. The van der Waals surface area contributed by atoms with Crippen LogP contribution >= 0.6 is 0 Å². The third-order valence-corrected chi connectivity index (χ3v) is 1.96. The molecule has 2 aromatic rings. The molecule has 0 saturated heterocycles. The molecule has 2 rings (SSSR count). The Balaban J connectivity index is 2.94. The minimum atomic E-state index is 0.467. The van der Waals surface area contributed by atoms with Gasteiger partial charge in [-0.1, -0.05) is 12.1 Å². The van der Waals surface area contributed by atoms with Gasteiger partial charge in [-0.05, 0) is 12.1 Å². The summed E-state index contributed by atoms with van der Waals surface area (Å²) in [6, 6.07) is 9.34. The van der Waals surface area contributed by atoms with Crippen molar-refractivity contribution in [3.63, 3.8) is 0 Å². The van der Waals surface area contributed by atoms with Crippen molar-refractivity contribution in [3.8, 4) is 6.07 Å². The van der Waals surface area contributed by atoms with Crippen molar-refractivity contribution in [2.24, 2.45) is 0 Å². The van der Waals surface area contributed by atoms with Crippen LogP contribution in [0.3, 0.4) is 0 Å². The number of anilines is 1. The fourth-order valence-corrected chi connectivity index (χ4v) is 1.33. The van der Waals surface area contributed by atoms with Gasteiger partial charge in [0.2, 0.25) is 0 Å². The molecule has 0 amide bonds. The van der Waals surface area contributed by atoms with Gasteiger partial charge in [-0.3, -0.25) is 0 Å². The minimum absolute atomic E-state index is 0.467. The van der Waals surface area contributed by atoms with Crippen molar-refractivity contribution in [1.82, 2.24) is 4.98 Å². The highest BCUT2D eigenvalue weighted by Gasteiger charge is 2.01. The maximum Gasteiger partial charge on any atom is 0.131 e.